The Kier molecular flexibility index (Phi) is 4.33. The molecule has 0 bridgehead atoms. The van der Waals surface area contributed by atoms with Crippen molar-refractivity contribution < 1.29 is 9.84 Å². The first kappa shape index (κ1) is 13.1. The Morgan fingerprint density at radius 2 is 2.11 bits per heavy atom. The number of β-amino-alcohol motifs (C(OH)–C–C–N with tert-alkyl or cyclic N) is 1. The van der Waals surface area contributed by atoms with E-state index in [1.807, 2.05) is 37.5 Å². The number of aliphatic imine (C=N–C) groups is 1. The molecule has 0 spiro atoms. The van der Waals surface area contributed by atoms with Gasteiger partial charge in [0.05, 0.1) is 19.3 Å². The van der Waals surface area contributed by atoms with Crippen molar-refractivity contribution in [3.8, 4) is 5.75 Å². The smallest absolute Gasteiger partial charge is 0.118 e. The standard InChI is InChI=1S/C14H20N2O2/c1-16-8-7-13(14(17)10-16)15-9-11-3-5-12(18-2)6-4-11/h3-6,9,13-14,17H,7-8,10H2,1-2H3/t13-,14-/m1/s1. The normalized spacial score (nSPS) is 25.5. The number of rotatable bonds is 3. The fourth-order valence-electron chi connectivity index (χ4n) is 2.12. The molecule has 18 heavy (non-hydrogen) atoms. The van der Waals surface area contributed by atoms with Gasteiger partial charge in [0.1, 0.15) is 5.75 Å². The largest absolute Gasteiger partial charge is 0.497 e. The number of benzene rings is 1. The SMILES string of the molecule is COc1ccc(C=N[C@@H]2CCN(C)C[C@H]2O)cc1. The summed E-state index contributed by atoms with van der Waals surface area (Å²) >= 11 is 0. The van der Waals surface area contributed by atoms with Crippen molar-refractivity contribution in [1.82, 2.24) is 4.90 Å². The zero-order valence-electron chi connectivity index (χ0n) is 10.9. The van der Waals surface area contributed by atoms with Crippen molar-refractivity contribution in [2.24, 2.45) is 4.99 Å². The van der Waals surface area contributed by atoms with E-state index in [4.69, 9.17) is 4.74 Å². The summed E-state index contributed by atoms with van der Waals surface area (Å²) < 4.78 is 5.10. The number of likely N-dealkylation sites (tertiary alicyclic amines) is 1. The van der Waals surface area contributed by atoms with Crippen LogP contribution in [0, 0.1) is 0 Å². The van der Waals surface area contributed by atoms with Crippen LogP contribution in [0.4, 0.5) is 0 Å². The maximum atomic E-state index is 9.92. The minimum Gasteiger partial charge on any atom is -0.497 e. The van der Waals surface area contributed by atoms with E-state index in [9.17, 15) is 5.11 Å². The number of aliphatic hydroxyl groups excluding tert-OH is 1. The lowest BCUT2D eigenvalue weighted by Gasteiger charge is -2.31. The molecule has 0 aromatic heterocycles. The van der Waals surface area contributed by atoms with Gasteiger partial charge in [0.2, 0.25) is 0 Å². The zero-order chi connectivity index (χ0) is 13.0. The zero-order valence-corrected chi connectivity index (χ0v) is 10.9. The molecule has 1 aliphatic heterocycles. The van der Waals surface area contributed by atoms with Gasteiger partial charge in [-0.05, 0) is 43.3 Å². The Morgan fingerprint density at radius 1 is 1.39 bits per heavy atom. The van der Waals surface area contributed by atoms with E-state index >= 15 is 0 Å². The van der Waals surface area contributed by atoms with E-state index in [1.54, 1.807) is 7.11 Å². The quantitative estimate of drug-likeness (QED) is 0.817. The van der Waals surface area contributed by atoms with E-state index in [0.717, 1.165) is 24.3 Å². The van der Waals surface area contributed by atoms with Gasteiger partial charge in [-0.3, -0.25) is 4.99 Å². The van der Waals surface area contributed by atoms with Crippen LogP contribution < -0.4 is 4.74 Å². The molecule has 1 saturated heterocycles. The number of ether oxygens (including phenoxy) is 1. The van der Waals surface area contributed by atoms with Crippen molar-refractivity contribution in [2.75, 3.05) is 27.2 Å². The third-order valence-electron chi connectivity index (χ3n) is 3.28. The first-order valence-corrected chi connectivity index (χ1v) is 6.23. The number of aliphatic hydroxyl groups is 1. The fourth-order valence-corrected chi connectivity index (χ4v) is 2.12. The van der Waals surface area contributed by atoms with Gasteiger partial charge < -0.3 is 14.7 Å². The summed E-state index contributed by atoms with van der Waals surface area (Å²) in [7, 11) is 3.67. The number of likely N-dealkylation sites (N-methyl/N-ethyl adjacent to an activating group) is 1. The molecule has 1 N–H and O–H groups in total. The molecule has 1 fully saturated rings. The summed E-state index contributed by atoms with van der Waals surface area (Å²) in [5.41, 5.74) is 1.03. The maximum absolute atomic E-state index is 9.92. The van der Waals surface area contributed by atoms with Crippen LogP contribution in [-0.4, -0.2) is 55.6 Å². The van der Waals surface area contributed by atoms with Crippen LogP contribution in [0.3, 0.4) is 0 Å². The molecule has 1 aromatic carbocycles. The van der Waals surface area contributed by atoms with E-state index in [-0.39, 0.29) is 12.1 Å². The summed E-state index contributed by atoms with van der Waals surface area (Å²) in [6.45, 7) is 1.69. The van der Waals surface area contributed by atoms with Crippen LogP contribution in [0.2, 0.25) is 0 Å². The van der Waals surface area contributed by atoms with Gasteiger partial charge in [-0.1, -0.05) is 0 Å². The molecule has 1 heterocycles. The van der Waals surface area contributed by atoms with E-state index in [1.165, 1.54) is 0 Å². The minimum absolute atomic E-state index is 0.0169. The Balaban J connectivity index is 1.97. The van der Waals surface area contributed by atoms with Gasteiger partial charge >= 0.3 is 0 Å². The van der Waals surface area contributed by atoms with Crippen LogP contribution in [0.25, 0.3) is 0 Å². The second-order valence-corrected chi connectivity index (χ2v) is 4.74. The van der Waals surface area contributed by atoms with Gasteiger partial charge in [0.15, 0.2) is 0 Å². The van der Waals surface area contributed by atoms with Crippen LogP contribution in [-0.2, 0) is 0 Å². The number of piperidine rings is 1. The summed E-state index contributed by atoms with van der Waals surface area (Å²) in [5, 5.41) is 9.92. The lowest BCUT2D eigenvalue weighted by atomic mass is 10.0. The molecule has 1 aliphatic rings. The van der Waals surface area contributed by atoms with Crippen molar-refractivity contribution in [2.45, 2.75) is 18.6 Å². The highest BCUT2D eigenvalue weighted by Gasteiger charge is 2.24. The van der Waals surface area contributed by atoms with Crippen molar-refractivity contribution in [3.05, 3.63) is 29.8 Å². The molecule has 0 aliphatic carbocycles. The number of hydrogen-bond donors (Lipinski definition) is 1. The summed E-state index contributed by atoms with van der Waals surface area (Å²) in [6, 6.07) is 7.76. The third kappa shape index (κ3) is 3.31. The van der Waals surface area contributed by atoms with Crippen molar-refractivity contribution in [1.29, 1.82) is 0 Å². The van der Waals surface area contributed by atoms with E-state index in [0.29, 0.717) is 6.54 Å². The van der Waals surface area contributed by atoms with Gasteiger partial charge in [-0.15, -0.1) is 0 Å². The number of methoxy groups -OCH3 is 1. The molecular weight excluding hydrogens is 228 g/mol. The molecule has 4 heteroatoms. The van der Waals surface area contributed by atoms with Crippen LogP contribution in [0.1, 0.15) is 12.0 Å². The average Bonchev–Trinajstić information content (AvgIpc) is 2.38. The lowest BCUT2D eigenvalue weighted by Crippen LogP contribution is -2.44. The second kappa shape index (κ2) is 5.98. The molecule has 4 nitrogen and oxygen atoms in total. The van der Waals surface area contributed by atoms with Gasteiger partial charge in [-0.25, -0.2) is 0 Å². The Labute approximate surface area is 108 Å². The molecule has 1 aromatic rings. The number of nitrogens with zero attached hydrogens (tertiary/aromatic N) is 2. The average molecular weight is 248 g/mol. The lowest BCUT2D eigenvalue weighted by molar-refractivity contribution is 0.0672. The first-order valence-electron chi connectivity index (χ1n) is 6.23. The highest BCUT2D eigenvalue weighted by Crippen LogP contribution is 2.14. The number of hydrogen-bond acceptors (Lipinski definition) is 4. The van der Waals surface area contributed by atoms with Crippen molar-refractivity contribution in [3.63, 3.8) is 0 Å². The summed E-state index contributed by atoms with van der Waals surface area (Å²) in [4.78, 5) is 6.61. The molecule has 98 valence electrons. The Hall–Kier alpha value is -1.39. The molecule has 0 saturated carbocycles. The molecule has 0 unspecified atom stereocenters. The fraction of sp³-hybridized carbons (Fsp3) is 0.500. The van der Waals surface area contributed by atoms with Crippen LogP contribution >= 0.6 is 0 Å². The first-order chi connectivity index (χ1) is 8.69. The maximum Gasteiger partial charge on any atom is 0.118 e. The van der Waals surface area contributed by atoms with Crippen LogP contribution in [0.15, 0.2) is 29.3 Å². The highest BCUT2D eigenvalue weighted by atomic mass is 16.5. The Morgan fingerprint density at radius 3 is 2.72 bits per heavy atom. The molecule has 2 rings (SSSR count). The summed E-state index contributed by atoms with van der Waals surface area (Å²) in [5.74, 6) is 0.839. The highest BCUT2D eigenvalue weighted by molar-refractivity contribution is 5.79. The minimum atomic E-state index is -0.363. The van der Waals surface area contributed by atoms with E-state index in [2.05, 4.69) is 9.89 Å². The Bertz CT molecular complexity index is 403. The predicted molar refractivity (Wildman–Crippen MR) is 72.5 cm³/mol. The molecular formula is C14H20N2O2. The monoisotopic (exact) mass is 248 g/mol. The molecule has 2 atom stereocenters. The topological polar surface area (TPSA) is 45.1 Å². The third-order valence-corrected chi connectivity index (χ3v) is 3.28. The second-order valence-electron chi connectivity index (χ2n) is 4.74. The van der Waals surface area contributed by atoms with Gasteiger partial charge in [-0.2, -0.15) is 0 Å². The van der Waals surface area contributed by atoms with Gasteiger partial charge in [0.25, 0.3) is 0 Å². The van der Waals surface area contributed by atoms with Crippen LogP contribution in [0.5, 0.6) is 5.75 Å². The summed E-state index contributed by atoms with van der Waals surface area (Å²) in [6.07, 6.45) is 2.38. The van der Waals surface area contributed by atoms with E-state index < -0.39 is 0 Å². The van der Waals surface area contributed by atoms with Gasteiger partial charge in [0, 0.05) is 19.3 Å². The molecule has 0 amide bonds. The predicted octanol–water partition coefficient (Wildman–Crippen LogP) is 1.18. The van der Waals surface area contributed by atoms with Crippen molar-refractivity contribution >= 4 is 6.21 Å². The molecule has 0 radical (unpaired) electrons.